The van der Waals surface area contributed by atoms with Crippen molar-refractivity contribution in [1.29, 1.82) is 0 Å². The summed E-state index contributed by atoms with van der Waals surface area (Å²) in [5.74, 6) is 0.821. The van der Waals surface area contributed by atoms with Gasteiger partial charge in [0, 0.05) is 11.8 Å². The minimum absolute atomic E-state index is 0.0758. The van der Waals surface area contributed by atoms with Crippen LogP contribution in [0.4, 0.5) is 0 Å². The summed E-state index contributed by atoms with van der Waals surface area (Å²) < 4.78 is 11.8. The molecule has 0 unspecified atom stereocenters. The fourth-order valence-corrected chi connectivity index (χ4v) is 3.29. The van der Waals surface area contributed by atoms with Crippen molar-refractivity contribution in [1.82, 2.24) is 0 Å². The molecular formula is C22H22O4. The van der Waals surface area contributed by atoms with E-state index in [0.717, 1.165) is 40.7 Å². The fraction of sp³-hybridized carbons (Fsp3) is 0.318. The van der Waals surface area contributed by atoms with Crippen molar-refractivity contribution in [2.24, 2.45) is 0 Å². The first-order chi connectivity index (χ1) is 12.6. The van der Waals surface area contributed by atoms with Gasteiger partial charge in [-0.1, -0.05) is 12.1 Å². The summed E-state index contributed by atoms with van der Waals surface area (Å²) in [6.07, 6.45) is 4.38. The molecule has 1 saturated carbocycles. The first kappa shape index (κ1) is 16.7. The predicted molar refractivity (Wildman–Crippen MR) is 101 cm³/mol. The topological polar surface area (TPSA) is 59.7 Å². The Kier molecular flexibility index (Phi) is 4.41. The number of aryl methyl sites for hydroxylation is 2. The highest BCUT2D eigenvalue weighted by atomic mass is 16.5. The first-order valence-corrected chi connectivity index (χ1v) is 9.10. The average Bonchev–Trinajstić information content (AvgIpc) is 2.98. The van der Waals surface area contributed by atoms with Crippen LogP contribution in [0.15, 0.2) is 46.9 Å². The van der Waals surface area contributed by atoms with Crippen molar-refractivity contribution in [3.63, 3.8) is 0 Å². The lowest BCUT2D eigenvalue weighted by Gasteiger charge is -2.26. The lowest BCUT2D eigenvalue weighted by molar-refractivity contribution is -0.137. The Bertz CT molecular complexity index is 950. The van der Waals surface area contributed by atoms with Crippen LogP contribution in [-0.4, -0.2) is 17.2 Å². The van der Waals surface area contributed by atoms with Gasteiger partial charge in [-0.05, 0) is 73.2 Å². The molecule has 2 aromatic carbocycles. The molecule has 0 radical (unpaired) electrons. The van der Waals surface area contributed by atoms with Gasteiger partial charge in [0.2, 0.25) is 0 Å². The second kappa shape index (κ2) is 6.87. The van der Waals surface area contributed by atoms with Crippen LogP contribution in [0.2, 0.25) is 0 Å². The van der Waals surface area contributed by atoms with Crippen LogP contribution in [0, 0.1) is 6.92 Å². The van der Waals surface area contributed by atoms with Crippen LogP contribution >= 0.6 is 0 Å². The summed E-state index contributed by atoms with van der Waals surface area (Å²) in [6, 6.07) is 14.3. The summed E-state index contributed by atoms with van der Waals surface area (Å²) in [5, 5.41) is 9.82. The largest absolute Gasteiger partial charge is 0.490 e. The molecule has 0 amide bonds. The maximum atomic E-state index is 10.7. The molecule has 1 heterocycles. The molecule has 3 aromatic rings. The number of ether oxygens (including phenoxy) is 1. The number of furan rings is 1. The van der Waals surface area contributed by atoms with Gasteiger partial charge in [0.1, 0.15) is 17.1 Å². The number of carboxylic acid groups (broad SMARTS) is 1. The van der Waals surface area contributed by atoms with Crippen molar-refractivity contribution >= 4 is 16.9 Å². The van der Waals surface area contributed by atoms with Gasteiger partial charge in [0.15, 0.2) is 0 Å². The van der Waals surface area contributed by atoms with Crippen LogP contribution in [-0.2, 0) is 11.2 Å². The Morgan fingerprint density at radius 2 is 2.00 bits per heavy atom. The van der Waals surface area contributed by atoms with E-state index in [1.807, 2.05) is 18.2 Å². The minimum Gasteiger partial charge on any atom is -0.490 e. The van der Waals surface area contributed by atoms with Crippen LogP contribution in [0.3, 0.4) is 0 Å². The van der Waals surface area contributed by atoms with Crippen LogP contribution in [0.1, 0.15) is 37.0 Å². The number of aliphatic carboxylic acids is 1. The van der Waals surface area contributed by atoms with Crippen molar-refractivity contribution < 1.29 is 19.1 Å². The van der Waals surface area contributed by atoms with E-state index in [1.165, 1.54) is 12.0 Å². The third-order valence-electron chi connectivity index (χ3n) is 4.89. The second-order valence-corrected chi connectivity index (χ2v) is 7.06. The van der Waals surface area contributed by atoms with E-state index in [9.17, 15) is 4.79 Å². The molecule has 1 aromatic heterocycles. The second-order valence-electron chi connectivity index (χ2n) is 7.06. The number of carboxylic acids is 1. The minimum atomic E-state index is -0.815. The smallest absolute Gasteiger partial charge is 0.303 e. The molecule has 0 saturated heterocycles. The molecular weight excluding hydrogens is 328 g/mol. The van der Waals surface area contributed by atoms with Crippen LogP contribution in [0.25, 0.3) is 22.1 Å². The Balaban J connectivity index is 1.62. The maximum absolute atomic E-state index is 10.7. The Hall–Kier alpha value is -2.75. The van der Waals surface area contributed by atoms with Gasteiger partial charge in [0.25, 0.3) is 0 Å². The Morgan fingerprint density at radius 3 is 2.73 bits per heavy atom. The van der Waals surface area contributed by atoms with Gasteiger partial charge in [-0.2, -0.15) is 0 Å². The van der Waals surface area contributed by atoms with Crippen LogP contribution in [0.5, 0.6) is 5.75 Å². The molecule has 4 rings (SSSR count). The summed E-state index contributed by atoms with van der Waals surface area (Å²) in [5.41, 5.74) is 4.18. The molecule has 1 aliphatic rings. The van der Waals surface area contributed by atoms with Gasteiger partial charge in [0.05, 0.1) is 12.5 Å². The monoisotopic (exact) mass is 350 g/mol. The molecule has 1 aliphatic carbocycles. The van der Waals surface area contributed by atoms with E-state index in [4.69, 9.17) is 14.3 Å². The van der Waals surface area contributed by atoms with Crippen LogP contribution < -0.4 is 4.74 Å². The molecule has 4 heteroatoms. The Morgan fingerprint density at radius 1 is 1.15 bits per heavy atom. The van der Waals surface area contributed by atoms with Crippen molar-refractivity contribution in [2.75, 3.05) is 0 Å². The fourth-order valence-electron chi connectivity index (χ4n) is 3.29. The predicted octanol–water partition coefficient (Wildman–Crippen LogP) is 5.36. The van der Waals surface area contributed by atoms with E-state index in [-0.39, 0.29) is 6.42 Å². The van der Waals surface area contributed by atoms with Crippen molar-refractivity contribution in [3.8, 4) is 16.9 Å². The van der Waals surface area contributed by atoms with E-state index in [2.05, 4.69) is 31.2 Å². The van der Waals surface area contributed by atoms with E-state index >= 15 is 0 Å². The number of fused-ring (bicyclic) bond motifs is 1. The van der Waals surface area contributed by atoms with E-state index in [1.54, 1.807) is 0 Å². The number of hydrogen-bond acceptors (Lipinski definition) is 3. The quantitative estimate of drug-likeness (QED) is 0.650. The van der Waals surface area contributed by atoms with Gasteiger partial charge >= 0.3 is 5.97 Å². The summed E-state index contributed by atoms with van der Waals surface area (Å²) in [4.78, 5) is 10.7. The standard InChI is InChI=1S/C22H22O4/c1-14-9-16(12-20(10-14)25-18-3-2-4-18)15-5-7-21-17(11-15)13-19(26-21)6-8-22(23)24/h5,7,9-13,18H,2-4,6,8H2,1H3,(H,23,24). The lowest BCUT2D eigenvalue weighted by atomic mass is 9.96. The summed E-state index contributed by atoms with van der Waals surface area (Å²) in [6.45, 7) is 2.08. The number of rotatable bonds is 6. The highest BCUT2D eigenvalue weighted by Crippen LogP contribution is 2.32. The molecule has 0 bridgehead atoms. The lowest BCUT2D eigenvalue weighted by Crippen LogP contribution is -2.24. The molecule has 4 nitrogen and oxygen atoms in total. The Labute approximate surface area is 152 Å². The van der Waals surface area contributed by atoms with Gasteiger partial charge in [-0.25, -0.2) is 0 Å². The summed E-state index contributed by atoms with van der Waals surface area (Å²) in [7, 11) is 0. The molecule has 134 valence electrons. The van der Waals surface area contributed by atoms with Gasteiger partial charge in [-0.3, -0.25) is 4.79 Å². The molecule has 1 N–H and O–H groups in total. The molecule has 26 heavy (non-hydrogen) atoms. The average molecular weight is 350 g/mol. The summed E-state index contributed by atoms with van der Waals surface area (Å²) >= 11 is 0. The first-order valence-electron chi connectivity index (χ1n) is 9.10. The zero-order valence-electron chi connectivity index (χ0n) is 14.8. The SMILES string of the molecule is Cc1cc(OC2CCC2)cc(-c2ccc3oc(CCC(=O)O)cc3c2)c1. The third-order valence-corrected chi connectivity index (χ3v) is 4.89. The van der Waals surface area contributed by atoms with Gasteiger partial charge in [-0.15, -0.1) is 0 Å². The zero-order chi connectivity index (χ0) is 18.1. The number of hydrogen-bond donors (Lipinski definition) is 1. The van der Waals surface area contributed by atoms with E-state index < -0.39 is 5.97 Å². The third kappa shape index (κ3) is 3.59. The highest BCUT2D eigenvalue weighted by Gasteiger charge is 2.19. The molecule has 0 atom stereocenters. The highest BCUT2D eigenvalue weighted by molar-refractivity contribution is 5.84. The molecule has 0 spiro atoms. The van der Waals surface area contributed by atoms with Crippen molar-refractivity contribution in [2.45, 2.75) is 45.1 Å². The zero-order valence-corrected chi connectivity index (χ0v) is 14.8. The van der Waals surface area contributed by atoms with Gasteiger partial charge < -0.3 is 14.3 Å². The van der Waals surface area contributed by atoms with Crippen molar-refractivity contribution in [3.05, 3.63) is 53.8 Å². The number of carbonyl (C=O) groups is 1. The maximum Gasteiger partial charge on any atom is 0.303 e. The normalized spacial score (nSPS) is 14.3. The molecule has 0 aliphatic heterocycles. The van der Waals surface area contributed by atoms with E-state index in [0.29, 0.717) is 18.3 Å². The number of benzene rings is 2. The molecule has 1 fully saturated rings.